The van der Waals surface area contributed by atoms with Gasteiger partial charge in [0, 0.05) is 11.8 Å². The van der Waals surface area contributed by atoms with E-state index in [1.54, 1.807) is 25.1 Å². The fourth-order valence-electron chi connectivity index (χ4n) is 1.27. The van der Waals surface area contributed by atoms with Gasteiger partial charge in [-0.2, -0.15) is 5.26 Å². The molecule has 0 unspecified atom stereocenters. The van der Waals surface area contributed by atoms with Crippen molar-refractivity contribution in [2.45, 2.75) is 6.92 Å². The SMILES string of the molecule is CCS(=O)(=O)CCOc1cc(C#N)cc(OC)c1. The molecule has 0 atom stereocenters. The van der Waals surface area contributed by atoms with E-state index in [4.69, 9.17) is 14.7 Å². The van der Waals surface area contributed by atoms with Crippen LogP contribution in [0.5, 0.6) is 11.5 Å². The fourth-order valence-corrected chi connectivity index (χ4v) is 1.89. The van der Waals surface area contributed by atoms with Gasteiger partial charge in [-0.05, 0) is 12.1 Å². The van der Waals surface area contributed by atoms with E-state index < -0.39 is 9.84 Å². The summed E-state index contributed by atoms with van der Waals surface area (Å²) in [6, 6.07) is 6.71. The first-order chi connectivity index (χ1) is 8.50. The van der Waals surface area contributed by atoms with Crippen molar-refractivity contribution in [3.05, 3.63) is 23.8 Å². The summed E-state index contributed by atoms with van der Waals surface area (Å²) >= 11 is 0. The van der Waals surface area contributed by atoms with Crippen molar-refractivity contribution in [3.8, 4) is 17.6 Å². The maximum absolute atomic E-state index is 11.3. The fraction of sp³-hybridized carbons (Fsp3) is 0.417. The van der Waals surface area contributed by atoms with Gasteiger partial charge < -0.3 is 9.47 Å². The number of hydrogen-bond acceptors (Lipinski definition) is 5. The van der Waals surface area contributed by atoms with Crippen molar-refractivity contribution in [1.29, 1.82) is 5.26 Å². The van der Waals surface area contributed by atoms with Gasteiger partial charge in [-0.1, -0.05) is 6.92 Å². The lowest BCUT2D eigenvalue weighted by atomic mass is 10.2. The minimum absolute atomic E-state index is 0.0391. The second-order valence-corrected chi connectivity index (χ2v) is 6.07. The second kappa shape index (κ2) is 6.26. The lowest BCUT2D eigenvalue weighted by Gasteiger charge is -2.08. The highest BCUT2D eigenvalue weighted by Crippen LogP contribution is 2.22. The van der Waals surface area contributed by atoms with Crippen molar-refractivity contribution in [1.82, 2.24) is 0 Å². The summed E-state index contributed by atoms with van der Waals surface area (Å²) in [5.74, 6) is 0.986. The molecule has 1 rings (SSSR count). The average molecular weight is 269 g/mol. The molecule has 0 saturated heterocycles. The van der Waals surface area contributed by atoms with Crippen molar-refractivity contribution in [2.24, 2.45) is 0 Å². The normalized spacial score (nSPS) is 10.7. The Bertz CT molecular complexity index is 546. The molecule has 0 aliphatic heterocycles. The zero-order chi connectivity index (χ0) is 13.6. The highest BCUT2D eigenvalue weighted by Gasteiger charge is 2.08. The molecule has 0 aromatic heterocycles. The molecule has 0 radical (unpaired) electrons. The lowest BCUT2D eigenvalue weighted by Crippen LogP contribution is -2.15. The van der Waals surface area contributed by atoms with Crippen LogP contribution in [0.4, 0.5) is 0 Å². The number of benzene rings is 1. The average Bonchev–Trinajstić information content (AvgIpc) is 2.38. The van der Waals surface area contributed by atoms with Gasteiger partial charge >= 0.3 is 0 Å². The Morgan fingerprint density at radius 1 is 1.28 bits per heavy atom. The molecule has 0 aliphatic rings. The third kappa shape index (κ3) is 4.26. The summed E-state index contributed by atoms with van der Waals surface area (Å²) in [5.41, 5.74) is 0.405. The van der Waals surface area contributed by atoms with Gasteiger partial charge in [-0.15, -0.1) is 0 Å². The highest BCUT2D eigenvalue weighted by molar-refractivity contribution is 7.91. The van der Waals surface area contributed by atoms with Crippen LogP contribution < -0.4 is 9.47 Å². The van der Waals surface area contributed by atoms with E-state index in [1.807, 2.05) is 6.07 Å². The number of rotatable bonds is 6. The van der Waals surface area contributed by atoms with E-state index in [1.165, 1.54) is 7.11 Å². The zero-order valence-electron chi connectivity index (χ0n) is 10.3. The molecule has 0 bridgehead atoms. The second-order valence-electron chi connectivity index (χ2n) is 3.59. The summed E-state index contributed by atoms with van der Waals surface area (Å²) in [6.45, 7) is 1.66. The molecular formula is C12H15NO4S. The molecule has 1 aromatic rings. The number of sulfone groups is 1. The minimum Gasteiger partial charge on any atom is -0.497 e. The molecule has 0 aliphatic carbocycles. The van der Waals surface area contributed by atoms with E-state index in [2.05, 4.69) is 0 Å². The number of ether oxygens (including phenoxy) is 2. The van der Waals surface area contributed by atoms with Crippen LogP contribution in [0.1, 0.15) is 12.5 Å². The Morgan fingerprint density at radius 3 is 2.50 bits per heavy atom. The van der Waals surface area contributed by atoms with Crippen LogP contribution in [0.15, 0.2) is 18.2 Å². The van der Waals surface area contributed by atoms with E-state index >= 15 is 0 Å². The minimum atomic E-state index is -3.04. The van der Waals surface area contributed by atoms with Crippen molar-refractivity contribution in [3.63, 3.8) is 0 Å². The molecule has 1 aromatic carbocycles. The topological polar surface area (TPSA) is 76.4 Å². The third-order valence-corrected chi connectivity index (χ3v) is 4.02. The summed E-state index contributed by atoms with van der Waals surface area (Å²) in [7, 11) is -1.55. The van der Waals surface area contributed by atoms with Crippen LogP contribution >= 0.6 is 0 Å². The van der Waals surface area contributed by atoms with Crippen molar-refractivity contribution < 1.29 is 17.9 Å². The van der Waals surface area contributed by atoms with Gasteiger partial charge in [0.25, 0.3) is 0 Å². The predicted molar refractivity (Wildman–Crippen MR) is 67.5 cm³/mol. The Labute approximate surface area is 107 Å². The van der Waals surface area contributed by atoms with E-state index in [-0.39, 0.29) is 18.1 Å². The first kappa shape index (κ1) is 14.3. The summed E-state index contributed by atoms with van der Waals surface area (Å²) in [4.78, 5) is 0. The van der Waals surface area contributed by atoms with Crippen LogP contribution in [0.25, 0.3) is 0 Å². The number of methoxy groups -OCH3 is 1. The van der Waals surface area contributed by atoms with E-state index in [0.717, 1.165) is 0 Å². The van der Waals surface area contributed by atoms with Gasteiger partial charge in [-0.3, -0.25) is 0 Å². The number of hydrogen-bond donors (Lipinski definition) is 0. The van der Waals surface area contributed by atoms with Gasteiger partial charge in [0.05, 0.1) is 24.5 Å². The Kier molecular flexibility index (Phi) is 4.98. The zero-order valence-corrected chi connectivity index (χ0v) is 11.2. The first-order valence-electron chi connectivity index (χ1n) is 5.43. The van der Waals surface area contributed by atoms with Crippen molar-refractivity contribution in [2.75, 3.05) is 25.2 Å². The Balaban J connectivity index is 2.71. The molecular weight excluding hydrogens is 254 g/mol. The first-order valence-corrected chi connectivity index (χ1v) is 7.25. The predicted octanol–water partition coefficient (Wildman–Crippen LogP) is 1.38. The van der Waals surface area contributed by atoms with Crippen LogP contribution in [-0.2, 0) is 9.84 Å². The summed E-state index contributed by atoms with van der Waals surface area (Å²) in [6.07, 6.45) is 0. The standard InChI is InChI=1S/C12H15NO4S/c1-3-18(14,15)5-4-17-12-7-10(9-13)6-11(8-12)16-2/h6-8H,3-5H2,1-2H3. The molecule has 18 heavy (non-hydrogen) atoms. The molecule has 0 spiro atoms. The van der Waals surface area contributed by atoms with E-state index in [0.29, 0.717) is 17.1 Å². The van der Waals surface area contributed by atoms with Crippen LogP contribution in [0.2, 0.25) is 0 Å². The van der Waals surface area contributed by atoms with Crippen LogP contribution in [0.3, 0.4) is 0 Å². The summed E-state index contributed by atoms with van der Waals surface area (Å²) < 4.78 is 32.9. The molecule has 5 nitrogen and oxygen atoms in total. The smallest absolute Gasteiger partial charge is 0.153 e. The number of nitriles is 1. The van der Waals surface area contributed by atoms with Gasteiger partial charge in [0.1, 0.15) is 18.1 Å². The molecule has 0 N–H and O–H groups in total. The Morgan fingerprint density at radius 2 is 1.94 bits per heavy atom. The quantitative estimate of drug-likeness (QED) is 0.779. The van der Waals surface area contributed by atoms with E-state index in [9.17, 15) is 8.42 Å². The van der Waals surface area contributed by atoms with Crippen LogP contribution in [-0.4, -0.2) is 33.6 Å². The van der Waals surface area contributed by atoms with Gasteiger partial charge in [-0.25, -0.2) is 8.42 Å². The molecule has 0 amide bonds. The van der Waals surface area contributed by atoms with Gasteiger partial charge in [0.2, 0.25) is 0 Å². The largest absolute Gasteiger partial charge is 0.497 e. The maximum atomic E-state index is 11.3. The molecule has 0 heterocycles. The maximum Gasteiger partial charge on any atom is 0.153 e. The number of nitrogens with zero attached hydrogens (tertiary/aromatic N) is 1. The van der Waals surface area contributed by atoms with Crippen LogP contribution in [0, 0.1) is 11.3 Å². The molecule has 0 fully saturated rings. The van der Waals surface area contributed by atoms with Gasteiger partial charge in [0.15, 0.2) is 9.84 Å². The van der Waals surface area contributed by atoms with Crippen molar-refractivity contribution >= 4 is 9.84 Å². The third-order valence-electron chi connectivity index (χ3n) is 2.35. The highest BCUT2D eigenvalue weighted by atomic mass is 32.2. The molecule has 6 heteroatoms. The molecule has 0 saturated carbocycles. The monoisotopic (exact) mass is 269 g/mol. The summed E-state index contributed by atoms with van der Waals surface area (Å²) in [5, 5.41) is 8.82. The lowest BCUT2D eigenvalue weighted by molar-refractivity contribution is 0.336. The molecule has 98 valence electrons. The Hall–Kier alpha value is -1.74.